The van der Waals surface area contributed by atoms with E-state index in [1.54, 1.807) is 12.3 Å². The number of rotatable bonds is 3. The van der Waals surface area contributed by atoms with Gasteiger partial charge in [0, 0.05) is 66.1 Å². The molecule has 3 N–H and O–H groups in total. The van der Waals surface area contributed by atoms with E-state index in [1.165, 1.54) is 28.2 Å². The molecule has 5 rings (SSSR count). The predicted octanol–water partition coefficient (Wildman–Crippen LogP) is 3.04. The number of guanidine groups is 1. The van der Waals surface area contributed by atoms with Crippen molar-refractivity contribution < 1.29 is 4.79 Å². The standard InChI is InChI=1S/C24H27BrN6O/c1-30-12-14(9-28-24(26)29-23(32)15-7-17(25)11-27-10-15)6-19-18-4-3-5-20-22(18)16(8-21(19)30)13-31(20)2/h3-5,7,10-11,13-14,19,21H,6,8-9,12H2,1-2H3,(H3,26,28,29,32)/t14-,19?,21+/m0/s1. The number of nitrogens with two attached hydrogens (primary N) is 1. The third-order valence-electron chi connectivity index (χ3n) is 6.85. The van der Waals surface area contributed by atoms with E-state index in [-0.39, 0.29) is 11.9 Å². The average molecular weight is 495 g/mol. The Balaban J connectivity index is 1.30. The fourth-order valence-corrected chi connectivity index (χ4v) is 5.82. The number of likely N-dealkylation sites (N-methyl/N-ethyl adjacent to an activating group) is 1. The molecule has 166 valence electrons. The number of amides is 1. The Bertz CT molecular complexity index is 1220. The molecule has 2 aliphatic rings. The quantitative estimate of drug-likeness (QED) is 0.432. The van der Waals surface area contributed by atoms with Crippen molar-refractivity contribution in [3.05, 3.63) is 64.0 Å². The number of halogens is 1. The maximum atomic E-state index is 12.4. The molecule has 3 heterocycles. The van der Waals surface area contributed by atoms with Gasteiger partial charge in [0.25, 0.3) is 5.91 Å². The van der Waals surface area contributed by atoms with Gasteiger partial charge in [-0.25, -0.2) is 0 Å². The number of nitrogens with zero attached hydrogens (tertiary/aromatic N) is 4. The fourth-order valence-electron chi connectivity index (χ4n) is 5.45. The highest BCUT2D eigenvalue weighted by molar-refractivity contribution is 9.10. The van der Waals surface area contributed by atoms with E-state index in [4.69, 9.17) is 5.73 Å². The molecule has 0 saturated carbocycles. The molecule has 0 bridgehead atoms. The summed E-state index contributed by atoms with van der Waals surface area (Å²) in [5.74, 6) is 0.702. The Morgan fingerprint density at radius 3 is 3.00 bits per heavy atom. The number of aromatic nitrogens is 2. The molecule has 0 radical (unpaired) electrons. The van der Waals surface area contributed by atoms with E-state index in [2.05, 4.69) is 79.2 Å². The number of hydrogen-bond acceptors (Lipinski definition) is 4. The minimum atomic E-state index is -0.309. The molecule has 1 amide bonds. The Kier molecular flexibility index (Phi) is 5.51. The highest BCUT2D eigenvalue weighted by atomic mass is 79.9. The first kappa shape index (κ1) is 21.2. The highest BCUT2D eigenvalue weighted by Crippen LogP contribution is 2.44. The monoisotopic (exact) mass is 494 g/mol. The van der Waals surface area contributed by atoms with Gasteiger partial charge in [-0.2, -0.15) is 0 Å². The second-order valence-corrected chi connectivity index (χ2v) is 9.91. The van der Waals surface area contributed by atoms with Crippen molar-refractivity contribution in [2.45, 2.75) is 24.8 Å². The van der Waals surface area contributed by atoms with Crippen molar-refractivity contribution in [1.82, 2.24) is 19.8 Å². The predicted molar refractivity (Wildman–Crippen MR) is 130 cm³/mol. The van der Waals surface area contributed by atoms with E-state index in [0.717, 1.165) is 23.9 Å². The first-order chi connectivity index (χ1) is 15.4. The van der Waals surface area contributed by atoms with Crippen LogP contribution in [0.25, 0.3) is 10.9 Å². The summed E-state index contributed by atoms with van der Waals surface area (Å²) in [5.41, 5.74) is 10.7. The Morgan fingerprint density at radius 1 is 1.34 bits per heavy atom. The van der Waals surface area contributed by atoms with Gasteiger partial charge >= 0.3 is 0 Å². The van der Waals surface area contributed by atoms with E-state index in [0.29, 0.717) is 30.0 Å². The lowest BCUT2D eigenvalue weighted by atomic mass is 9.72. The van der Waals surface area contributed by atoms with Crippen LogP contribution in [0.5, 0.6) is 0 Å². The molecule has 0 spiro atoms. The van der Waals surface area contributed by atoms with Gasteiger partial charge in [0.1, 0.15) is 0 Å². The number of carbonyl (C=O) groups excluding carboxylic acids is 1. The van der Waals surface area contributed by atoms with Crippen LogP contribution in [0.2, 0.25) is 0 Å². The zero-order valence-corrected chi connectivity index (χ0v) is 19.8. The molecule has 2 aromatic heterocycles. The highest BCUT2D eigenvalue weighted by Gasteiger charge is 2.39. The number of pyridine rings is 1. The zero-order chi connectivity index (χ0) is 22.4. The van der Waals surface area contributed by atoms with Gasteiger partial charge in [-0.05, 0) is 65.0 Å². The largest absolute Gasteiger partial charge is 0.370 e. The first-order valence-electron chi connectivity index (χ1n) is 10.9. The van der Waals surface area contributed by atoms with Crippen LogP contribution in [-0.4, -0.2) is 52.5 Å². The summed E-state index contributed by atoms with van der Waals surface area (Å²) in [5, 5.41) is 4.11. The fraction of sp³-hybridized carbons (Fsp3) is 0.375. The smallest absolute Gasteiger partial charge is 0.259 e. The van der Waals surface area contributed by atoms with Crippen LogP contribution in [0, 0.1) is 5.92 Å². The topological polar surface area (TPSA) is 88.5 Å². The van der Waals surface area contributed by atoms with Gasteiger partial charge in [0.15, 0.2) is 5.96 Å². The summed E-state index contributed by atoms with van der Waals surface area (Å²) in [7, 11) is 4.35. The number of hydrogen-bond donors (Lipinski definition) is 2. The summed E-state index contributed by atoms with van der Waals surface area (Å²) in [6.07, 6.45) is 7.59. The number of fused-ring (bicyclic) bond motifs is 2. The maximum absolute atomic E-state index is 12.4. The molecule has 32 heavy (non-hydrogen) atoms. The van der Waals surface area contributed by atoms with Gasteiger partial charge in [-0.15, -0.1) is 0 Å². The summed E-state index contributed by atoms with van der Waals surface area (Å²) >= 11 is 3.33. The lowest BCUT2D eigenvalue weighted by Crippen LogP contribution is -2.48. The van der Waals surface area contributed by atoms with Crippen LogP contribution in [-0.2, 0) is 13.5 Å². The van der Waals surface area contributed by atoms with E-state index in [1.807, 2.05) is 0 Å². The van der Waals surface area contributed by atoms with Crippen molar-refractivity contribution in [2.24, 2.45) is 23.7 Å². The number of piperidine rings is 1. The van der Waals surface area contributed by atoms with Gasteiger partial charge in [-0.1, -0.05) is 12.1 Å². The van der Waals surface area contributed by atoms with Crippen LogP contribution in [0.4, 0.5) is 0 Å². The molecule has 1 unspecified atom stereocenters. The number of aliphatic imine (C=N–C) groups is 1. The van der Waals surface area contributed by atoms with E-state index >= 15 is 0 Å². The number of carbonyl (C=O) groups is 1. The third-order valence-corrected chi connectivity index (χ3v) is 7.28. The SMILES string of the molecule is CN1C[C@H](CN=C(N)NC(=O)c2cncc(Br)c2)CC2c3cccc4c3c(cn4C)C[C@H]21. The van der Waals surface area contributed by atoms with Crippen molar-refractivity contribution in [2.75, 3.05) is 20.1 Å². The van der Waals surface area contributed by atoms with Crippen LogP contribution < -0.4 is 11.1 Å². The zero-order valence-electron chi connectivity index (χ0n) is 18.3. The third kappa shape index (κ3) is 3.82. The molecule has 1 aromatic carbocycles. The second kappa shape index (κ2) is 8.33. The number of aryl methyl sites for hydroxylation is 1. The average Bonchev–Trinajstić information content (AvgIpc) is 3.10. The molecule has 1 fully saturated rings. The van der Waals surface area contributed by atoms with Crippen molar-refractivity contribution in [3.63, 3.8) is 0 Å². The van der Waals surface area contributed by atoms with E-state index < -0.39 is 0 Å². The van der Waals surface area contributed by atoms with Gasteiger partial charge in [0.2, 0.25) is 0 Å². The lowest BCUT2D eigenvalue weighted by molar-refractivity contribution is 0.0975. The van der Waals surface area contributed by atoms with Crippen LogP contribution in [0.3, 0.4) is 0 Å². The van der Waals surface area contributed by atoms with Crippen molar-refractivity contribution in [3.8, 4) is 0 Å². The number of benzene rings is 1. The lowest BCUT2D eigenvalue weighted by Gasteiger charge is -2.45. The van der Waals surface area contributed by atoms with Gasteiger partial charge < -0.3 is 15.2 Å². The molecule has 1 aliphatic carbocycles. The second-order valence-electron chi connectivity index (χ2n) is 9.00. The van der Waals surface area contributed by atoms with Gasteiger partial charge in [0.05, 0.1) is 5.56 Å². The molecule has 7 nitrogen and oxygen atoms in total. The summed E-state index contributed by atoms with van der Waals surface area (Å²) < 4.78 is 2.99. The first-order valence-corrected chi connectivity index (χ1v) is 11.7. The molecule has 8 heteroatoms. The molecule has 1 saturated heterocycles. The normalized spacial score (nSPS) is 23.2. The summed E-state index contributed by atoms with van der Waals surface area (Å²) in [6, 6.07) is 8.89. The molecular formula is C24H27BrN6O. The molecular weight excluding hydrogens is 468 g/mol. The Morgan fingerprint density at radius 2 is 2.19 bits per heavy atom. The van der Waals surface area contributed by atoms with Gasteiger partial charge in [-0.3, -0.25) is 20.1 Å². The molecule has 1 aliphatic heterocycles. The number of likely N-dealkylation sites (tertiary alicyclic amines) is 1. The molecule has 3 atom stereocenters. The van der Waals surface area contributed by atoms with Crippen LogP contribution in [0.15, 0.2) is 52.3 Å². The van der Waals surface area contributed by atoms with Crippen molar-refractivity contribution >= 4 is 38.7 Å². The minimum absolute atomic E-state index is 0.149. The minimum Gasteiger partial charge on any atom is -0.370 e. The maximum Gasteiger partial charge on any atom is 0.259 e. The van der Waals surface area contributed by atoms with Crippen molar-refractivity contribution in [1.29, 1.82) is 0 Å². The Hall–Kier alpha value is -2.71. The van der Waals surface area contributed by atoms with Crippen LogP contribution in [0.1, 0.15) is 33.8 Å². The van der Waals surface area contributed by atoms with Crippen LogP contribution >= 0.6 is 15.9 Å². The summed E-state index contributed by atoms with van der Waals surface area (Å²) in [4.78, 5) is 23.4. The summed E-state index contributed by atoms with van der Waals surface area (Å²) in [6.45, 7) is 1.56. The number of nitrogens with one attached hydrogen (secondary N) is 1. The molecule has 3 aromatic rings. The Labute approximate surface area is 195 Å². The van der Waals surface area contributed by atoms with E-state index in [9.17, 15) is 4.79 Å².